The highest BCUT2D eigenvalue weighted by Crippen LogP contribution is 2.31. The number of piperidine rings is 1. The van der Waals surface area contributed by atoms with Crippen molar-refractivity contribution in [2.75, 3.05) is 25.5 Å². The van der Waals surface area contributed by atoms with Gasteiger partial charge < -0.3 is 10.1 Å². The summed E-state index contributed by atoms with van der Waals surface area (Å²) in [5.74, 6) is -0.759. The Morgan fingerprint density at radius 1 is 1.27 bits per heavy atom. The number of nitro benzene ring substituents is 1. The molecule has 1 aliphatic rings. The number of hydrogen-bond acceptors (Lipinski definition) is 6. The van der Waals surface area contributed by atoms with Crippen LogP contribution in [0.4, 0.5) is 11.4 Å². The summed E-state index contributed by atoms with van der Waals surface area (Å²) in [6, 6.07) is 9.72. The Labute approximate surface area is 178 Å². The van der Waals surface area contributed by atoms with E-state index in [4.69, 9.17) is 16.3 Å². The second-order valence-electron chi connectivity index (χ2n) is 6.79. The van der Waals surface area contributed by atoms with Gasteiger partial charge in [-0.1, -0.05) is 11.6 Å². The summed E-state index contributed by atoms with van der Waals surface area (Å²) in [5, 5.41) is 14.1. The van der Waals surface area contributed by atoms with E-state index < -0.39 is 26.8 Å². The third kappa shape index (κ3) is 4.72. The smallest absolute Gasteiger partial charge is 0.271 e. The Bertz CT molecular complexity index is 1060. The first-order valence-corrected chi connectivity index (χ1v) is 10.9. The van der Waals surface area contributed by atoms with E-state index in [1.54, 1.807) is 0 Å². The van der Waals surface area contributed by atoms with Gasteiger partial charge in [-0.25, -0.2) is 8.42 Å². The molecule has 0 aromatic heterocycles. The van der Waals surface area contributed by atoms with Gasteiger partial charge in [0.25, 0.3) is 5.69 Å². The summed E-state index contributed by atoms with van der Waals surface area (Å²) in [6.45, 7) is 0.308. The number of ether oxygens (including phenoxy) is 1. The van der Waals surface area contributed by atoms with Crippen molar-refractivity contribution in [3.05, 3.63) is 57.6 Å². The van der Waals surface area contributed by atoms with Crippen molar-refractivity contribution >= 4 is 38.9 Å². The van der Waals surface area contributed by atoms with E-state index in [1.165, 1.54) is 53.9 Å². The largest absolute Gasteiger partial charge is 0.495 e. The summed E-state index contributed by atoms with van der Waals surface area (Å²) < 4.78 is 32.2. The summed E-state index contributed by atoms with van der Waals surface area (Å²) in [7, 11) is -2.38. The van der Waals surface area contributed by atoms with E-state index >= 15 is 0 Å². The SMILES string of the molecule is COc1ccc([N+](=O)[O-])cc1NC(=O)[C@H]1CCCN(S(=O)(=O)c2ccc(Cl)cc2)C1. The van der Waals surface area contributed by atoms with Crippen LogP contribution in [0, 0.1) is 16.0 Å². The highest BCUT2D eigenvalue weighted by atomic mass is 35.5. The molecule has 1 atom stereocenters. The van der Waals surface area contributed by atoms with E-state index in [9.17, 15) is 23.3 Å². The zero-order valence-electron chi connectivity index (χ0n) is 16.1. The number of anilines is 1. The first kappa shape index (κ1) is 22.0. The van der Waals surface area contributed by atoms with Crippen molar-refractivity contribution in [3.8, 4) is 5.75 Å². The van der Waals surface area contributed by atoms with Crippen molar-refractivity contribution in [1.29, 1.82) is 0 Å². The number of non-ortho nitro benzene ring substituents is 1. The molecule has 1 saturated heterocycles. The first-order valence-electron chi connectivity index (χ1n) is 9.11. The molecule has 0 unspecified atom stereocenters. The molecular weight excluding hydrogens is 434 g/mol. The van der Waals surface area contributed by atoms with Gasteiger partial charge in [-0.2, -0.15) is 4.31 Å². The molecule has 0 aliphatic carbocycles. The van der Waals surface area contributed by atoms with E-state index in [1.807, 2.05) is 0 Å². The maximum atomic E-state index is 12.9. The van der Waals surface area contributed by atoms with E-state index in [-0.39, 0.29) is 28.6 Å². The molecule has 0 spiro atoms. The molecule has 3 rings (SSSR count). The maximum Gasteiger partial charge on any atom is 0.271 e. The zero-order valence-corrected chi connectivity index (χ0v) is 17.6. The zero-order chi connectivity index (χ0) is 21.9. The molecule has 0 saturated carbocycles. The lowest BCUT2D eigenvalue weighted by Gasteiger charge is -2.31. The molecular formula is C19H20ClN3O6S. The number of benzene rings is 2. The van der Waals surface area contributed by atoms with Crippen LogP contribution < -0.4 is 10.1 Å². The Morgan fingerprint density at radius 2 is 1.97 bits per heavy atom. The minimum Gasteiger partial charge on any atom is -0.495 e. The average Bonchev–Trinajstić information content (AvgIpc) is 2.74. The van der Waals surface area contributed by atoms with E-state index in [0.717, 1.165) is 0 Å². The minimum absolute atomic E-state index is 0.00797. The van der Waals surface area contributed by atoms with Gasteiger partial charge in [0, 0.05) is 30.2 Å². The number of methoxy groups -OCH3 is 1. The van der Waals surface area contributed by atoms with Crippen molar-refractivity contribution in [1.82, 2.24) is 4.31 Å². The van der Waals surface area contributed by atoms with Crippen molar-refractivity contribution < 1.29 is 22.9 Å². The lowest BCUT2D eigenvalue weighted by atomic mass is 9.98. The fourth-order valence-corrected chi connectivity index (χ4v) is 4.92. The number of nitro groups is 1. The molecule has 1 N–H and O–H groups in total. The van der Waals surface area contributed by atoms with Crippen molar-refractivity contribution in [3.63, 3.8) is 0 Å². The van der Waals surface area contributed by atoms with Crippen LogP contribution in [0.5, 0.6) is 5.75 Å². The number of amides is 1. The third-order valence-corrected chi connectivity index (χ3v) is 6.99. The minimum atomic E-state index is -3.77. The van der Waals surface area contributed by atoms with Crippen LogP contribution in [-0.2, 0) is 14.8 Å². The third-order valence-electron chi connectivity index (χ3n) is 4.86. The number of carbonyl (C=O) groups excluding carboxylic acids is 1. The van der Waals surface area contributed by atoms with E-state index in [2.05, 4.69) is 5.32 Å². The summed E-state index contributed by atoms with van der Waals surface area (Å²) in [5.41, 5.74) is -0.0314. The lowest BCUT2D eigenvalue weighted by Crippen LogP contribution is -2.43. The van der Waals surface area contributed by atoms with Gasteiger partial charge in [-0.3, -0.25) is 14.9 Å². The van der Waals surface area contributed by atoms with Gasteiger partial charge in [0.05, 0.1) is 28.5 Å². The molecule has 30 heavy (non-hydrogen) atoms. The standard InChI is InChI=1S/C19H20ClN3O6S/c1-29-18-9-6-15(23(25)26)11-17(18)21-19(24)13-3-2-10-22(12-13)30(27,28)16-7-4-14(20)5-8-16/h4-9,11,13H,2-3,10,12H2,1H3,(H,21,24)/t13-/m0/s1. The monoisotopic (exact) mass is 453 g/mol. The van der Waals surface area contributed by atoms with Crippen LogP contribution in [0.25, 0.3) is 0 Å². The number of nitrogens with zero attached hydrogens (tertiary/aromatic N) is 2. The highest BCUT2D eigenvalue weighted by Gasteiger charge is 2.33. The maximum absolute atomic E-state index is 12.9. The number of hydrogen-bond donors (Lipinski definition) is 1. The molecule has 1 heterocycles. The Balaban J connectivity index is 1.77. The van der Waals surface area contributed by atoms with Crippen LogP contribution in [0.2, 0.25) is 5.02 Å². The van der Waals surface area contributed by atoms with E-state index in [0.29, 0.717) is 24.4 Å². The number of carbonyl (C=O) groups is 1. The molecule has 9 nitrogen and oxygen atoms in total. The normalized spacial score (nSPS) is 17.3. The van der Waals surface area contributed by atoms with Crippen LogP contribution in [0.1, 0.15) is 12.8 Å². The highest BCUT2D eigenvalue weighted by molar-refractivity contribution is 7.89. The van der Waals surface area contributed by atoms with Gasteiger partial charge in [0.2, 0.25) is 15.9 Å². The second kappa shape index (κ2) is 8.99. The fraction of sp³-hybridized carbons (Fsp3) is 0.316. The van der Waals surface area contributed by atoms with Gasteiger partial charge in [0.15, 0.2) is 0 Å². The van der Waals surface area contributed by atoms with Crippen molar-refractivity contribution in [2.45, 2.75) is 17.7 Å². The van der Waals surface area contributed by atoms with Crippen LogP contribution in [-0.4, -0.2) is 43.8 Å². The molecule has 1 fully saturated rings. The predicted molar refractivity (Wildman–Crippen MR) is 111 cm³/mol. The van der Waals surface area contributed by atoms with Crippen LogP contribution in [0.3, 0.4) is 0 Å². The Hall–Kier alpha value is -2.69. The number of sulfonamides is 1. The predicted octanol–water partition coefficient (Wildman–Crippen LogP) is 3.30. The number of nitrogens with one attached hydrogen (secondary N) is 1. The molecule has 1 aliphatic heterocycles. The first-order chi connectivity index (χ1) is 14.2. The van der Waals surface area contributed by atoms with Gasteiger partial charge in [-0.15, -0.1) is 0 Å². The topological polar surface area (TPSA) is 119 Å². The Kier molecular flexibility index (Phi) is 6.59. The molecule has 0 radical (unpaired) electrons. The van der Waals surface area contributed by atoms with Crippen LogP contribution >= 0.6 is 11.6 Å². The molecule has 11 heteroatoms. The second-order valence-corrected chi connectivity index (χ2v) is 9.16. The lowest BCUT2D eigenvalue weighted by molar-refractivity contribution is -0.384. The Morgan fingerprint density at radius 3 is 2.60 bits per heavy atom. The quantitative estimate of drug-likeness (QED) is 0.529. The fourth-order valence-electron chi connectivity index (χ4n) is 3.27. The van der Waals surface area contributed by atoms with Gasteiger partial charge in [0.1, 0.15) is 5.75 Å². The van der Waals surface area contributed by atoms with Crippen LogP contribution in [0.15, 0.2) is 47.4 Å². The number of halogens is 1. The summed E-state index contributed by atoms with van der Waals surface area (Å²) >= 11 is 5.83. The molecule has 160 valence electrons. The molecule has 1 amide bonds. The molecule has 0 bridgehead atoms. The molecule has 2 aromatic rings. The summed E-state index contributed by atoms with van der Waals surface area (Å²) in [6.07, 6.45) is 1.01. The van der Waals surface area contributed by atoms with Gasteiger partial charge in [-0.05, 0) is 43.2 Å². The van der Waals surface area contributed by atoms with Crippen molar-refractivity contribution in [2.24, 2.45) is 5.92 Å². The number of rotatable bonds is 6. The average molecular weight is 454 g/mol. The molecule has 2 aromatic carbocycles. The summed E-state index contributed by atoms with van der Waals surface area (Å²) in [4.78, 5) is 23.3. The van der Waals surface area contributed by atoms with Gasteiger partial charge >= 0.3 is 0 Å².